The van der Waals surface area contributed by atoms with Gasteiger partial charge in [0, 0.05) is 18.3 Å². The Balaban J connectivity index is 2.68. The van der Waals surface area contributed by atoms with Crippen molar-refractivity contribution in [2.45, 2.75) is 12.5 Å². The molecule has 2 nitrogen and oxygen atoms in total. The molecule has 79 valence electrons. The van der Waals surface area contributed by atoms with E-state index in [0.29, 0.717) is 12.2 Å². The van der Waals surface area contributed by atoms with E-state index in [9.17, 15) is 4.79 Å². The summed E-state index contributed by atoms with van der Waals surface area (Å²) >= 11 is 5.45. The topological polar surface area (TPSA) is 26.3 Å². The summed E-state index contributed by atoms with van der Waals surface area (Å²) in [6, 6.07) is 6.39. The van der Waals surface area contributed by atoms with Gasteiger partial charge in [-0.1, -0.05) is 22.0 Å². The molecule has 0 spiro atoms. The van der Waals surface area contributed by atoms with Crippen molar-refractivity contribution < 1.29 is 9.53 Å². The molecule has 0 saturated carbocycles. The predicted octanol–water partition coefficient (Wildman–Crippen LogP) is 3.19. The summed E-state index contributed by atoms with van der Waals surface area (Å²) in [6.45, 7) is 0.449. The van der Waals surface area contributed by atoms with Gasteiger partial charge in [-0.25, -0.2) is 4.79 Å². The van der Waals surface area contributed by atoms with Gasteiger partial charge in [-0.3, -0.25) is 0 Å². The van der Waals surface area contributed by atoms with E-state index < -0.39 is 0 Å². The maximum absolute atomic E-state index is 11.6. The smallest absolute Gasteiger partial charge is 0.339 e. The van der Waals surface area contributed by atoms with Gasteiger partial charge in [-0.05, 0) is 47.2 Å². The van der Waals surface area contributed by atoms with Gasteiger partial charge in [-0.2, -0.15) is 0 Å². The number of carbonyl (C=O) groups excluding carboxylic acids is 1. The lowest BCUT2D eigenvalue weighted by Crippen LogP contribution is -2.08. The van der Waals surface area contributed by atoms with Crippen LogP contribution in [-0.4, -0.2) is 22.8 Å². The molecule has 3 radical (unpaired) electrons. The van der Waals surface area contributed by atoms with Crippen molar-refractivity contribution in [3.05, 3.63) is 31.8 Å². The molecule has 1 aromatic carbocycles. The highest BCUT2D eigenvalue weighted by Crippen LogP contribution is 2.19. The van der Waals surface area contributed by atoms with Gasteiger partial charge < -0.3 is 4.74 Å². The van der Waals surface area contributed by atoms with E-state index in [1.54, 1.807) is 6.07 Å². The Morgan fingerprint density at radius 3 is 2.93 bits per heavy atom. The molecule has 0 amide bonds. The Morgan fingerprint density at radius 2 is 2.27 bits per heavy atom. The number of benzene rings is 1. The fraction of sp³-hybridized carbons (Fsp3) is 0.300. The summed E-state index contributed by atoms with van der Waals surface area (Å²) in [6.07, 6.45) is 0.827. The van der Waals surface area contributed by atoms with Crippen LogP contribution in [0.2, 0.25) is 6.04 Å². The van der Waals surface area contributed by atoms with Crippen molar-refractivity contribution in [1.82, 2.24) is 0 Å². The van der Waals surface area contributed by atoms with Crippen LogP contribution >= 0.6 is 38.5 Å². The van der Waals surface area contributed by atoms with Crippen LogP contribution in [0.15, 0.2) is 22.7 Å². The molecule has 1 rings (SSSR count). The zero-order valence-corrected chi connectivity index (χ0v) is 12.7. The number of halogens is 2. The van der Waals surface area contributed by atoms with Crippen molar-refractivity contribution in [2.24, 2.45) is 0 Å². The van der Waals surface area contributed by atoms with Crippen molar-refractivity contribution in [1.29, 1.82) is 0 Å². The largest absolute Gasteiger partial charge is 0.462 e. The second-order valence-electron chi connectivity index (χ2n) is 2.86. The summed E-state index contributed by atoms with van der Waals surface area (Å²) < 4.78 is 6.89. The molecule has 0 aromatic heterocycles. The maximum atomic E-state index is 11.6. The first kappa shape index (κ1) is 13.2. The van der Waals surface area contributed by atoms with Crippen LogP contribution in [0.4, 0.5) is 0 Å². The van der Waals surface area contributed by atoms with Crippen molar-refractivity contribution in [3.63, 3.8) is 0 Å². The average Bonchev–Trinajstić information content (AvgIpc) is 2.22. The molecule has 1 aromatic rings. The number of esters is 1. The Hall–Kier alpha value is 0.117. The fourth-order valence-electron chi connectivity index (χ4n) is 0.969. The summed E-state index contributed by atoms with van der Waals surface area (Å²) in [7, 11) is 3.33. The summed E-state index contributed by atoms with van der Waals surface area (Å²) in [4.78, 5) is 11.6. The number of ether oxygens (including phenoxy) is 1. The normalized spacial score (nSPS) is 10.1. The summed E-state index contributed by atoms with van der Waals surface area (Å²) in [5.41, 5.74) is 0.610. The second kappa shape index (κ2) is 6.65. The third-order valence-electron chi connectivity index (χ3n) is 1.70. The fourth-order valence-corrected chi connectivity index (χ4v) is 2.03. The first-order chi connectivity index (χ1) is 7.15. The van der Waals surface area contributed by atoms with E-state index in [1.807, 2.05) is 12.1 Å². The van der Waals surface area contributed by atoms with Gasteiger partial charge >= 0.3 is 5.97 Å². The van der Waals surface area contributed by atoms with E-state index in [1.165, 1.54) is 0 Å². The molecule has 0 unspecified atom stereocenters. The zero-order valence-electron chi connectivity index (χ0n) is 7.93. The number of carbonyl (C=O) groups is 1. The minimum atomic E-state index is -0.263. The van der Waals surface area contributed by atoms with Crippen LogP contribution in [-0.2, 0) is 4.74 Å². The Kier molecular flexibility index (Phi) is 5.84. The Morgan fingerprint density at radius 1 is 1.53 bits per heavy atom. The first-order valence-electron chi connectivity index (χ1n) is 4.42. The van der Waals surface area contributed by atoms with Crippen LogP contribution in [0.5, 0.6) is 0 Å². The van der Waals surface area contributed by atoms with Gasteiger partial charge in [0.15, 0.2) is 0 Å². The quantitative estimate of drug-likeness (QED) is 0.338. The van der Waals surface area contributed by atoms with Crippen LogP contribution < -0.4 is 0 Å². The predicted molar refractivity (Wildman–Crippen MR) is 72.3 cm³/mol. The third kappa shape index (κ3) is 4.24. The third-order valence-corrected chi connectivity index (χ3v) is 3.49. The molecule has 5 heteroatoms. The highest BCUT2D eigenvalue weighted by atomic mass is 127. The minimum absolute atomic E-state index is 0.263. The minimum Gasteiger partial charge on any atom is -0.462 e. The van der Waals surface area contributed by atoms with Crippen LogP contribution in [0.1, 0.15) is 16.8 Å². The average molecular weight is 396 g/mol. The molecular weight excluding hydrogens is 387 g/mol. The second-order valence-corrected chi connectivity index (χ2v) is 5.44. The standard InChI is InChI=1S/C10H9BrIO2Si/c11-7-2-3-9(12)8(6-7)10(13)14-4-1-5-15/h2-3,6H,1,4-5H2. The van der Waals surface area contributed by atoms with E-state index in [4.69, 9.17) is 4.74 Å². The molecule has 0 aliphatic carbocycles. The first-order valence-corrected chi connectivity index (χ1v) is 7.00. The molecule has 15 heavy (non-hydrogen) atoms. The molecule has 0 saturated heterocycles. The van der Waals surface area contributed by atoms with Gasteiger partial charge in [0.2, 0.25) is 0 Å². The monoisotopic (exact) mass is 395 g/mol. The molecule has 0 aliphatic rings. The van der Waals surface area contributed by atoms with Crippen molar-refractivity contribution in [3.8, 4) is 0 Å². The molecule has 0 fully saturated rings. The highest BCUT2D eigenvalue weighted by molar-refractivity contribution is 14.1. The lowest BCUT2D eigenvalue weighted by Gasteiger charge is -2.05. The van der Waals surface area contributed by atoms with Crippen LogP contribution in [0.3, 0.4) is 0 Å². The highest BCUT2D eigenvalue weighted by Gasteiger charge is 2.11. The molecule has 0 atom stereocenters. The van der Waals surface area contributed by atoms with Gasteiger partial charge in [0.25, 0.3) is 0 Å². The van der Waals surface area contributed by atoms with Crippen molar-refractivity contribution >= 4 is 54.7 Å². The number of hydrogen-bond donors (Lipinski definition) is 0. The van der Waals surface area contributed by atoms with Crippen LogP contribution in [0, 0.1) is 3.57 Å². The zero-order chi connectivity index (χ0) is 11.3. The van der Waals surface area contributed by atoms with Gasteiger partial charge in [0.1, 0.15) is 0 Å². The lowest BCUT2D eigenvalue weighted by atomic mass is 10.2. The molecule has 0 aliphatic heterocycles. The molecule has 0 heterocycles. The summed E-state index contributed by atoms with van der Waals surface area (Å²) in [5, 5.41) is 0. The van der Waals surface area contributed by atoms with E-state index >= 15 is 0 Å². The Bertz CT molecular complexity index is 357. The Labute approximate surface area is 114 Å². The van der Waals surface area contributed by atoms with Crippen LogP contribution in [0.25, 0.3) is 0 Å². The maximum Gasteiger partial charge on any atom is 0.339 e. The van der Waals surface area contributed by atoms with E-state index in [0.717, 1.165) is 20.5 Å². The summed E-state index contributed by atoms with van der Waals surface area (Å²) in [5.74, 6) is -0.263. The molecule has 0 bridgehead atoms. The SMILES string of the molecule is O=C(OCCC[Si])c1cc(Br)ccc1I. The lowest BCUT2D eigenvalue weighted by molar-refractivity contribution is 0.0504. The number of hydrogen-bond acceptors (Lipinski definition) is 2. The molecular formula is C10H9BrIO2Si. The van der Waals surface area contributed by atoms with E-state index in [-0.39, 0.29) is 5.97 Å². The van der Waals surface area contributed by atoms with E-state index in [2.05, 4.69) is 48.8 Å². The molecule has 0 N–H and O–H groups in total. The van der Waals surface area contributed by atoms with Crippen molar-refractivity contribution in [2.75, 3.05) is 6.61 Å². The van der Waals surface area contributed by atoms with Gasteiger partial charge in [-0.15, -0.1) is 0 Å². The number of rotatable bonds is 4. The van der Waals surface area contributed by atoms with Gasteiger partial charge in [0.05, 0.1) is 12.2 Å².